The third-order valence-corrected chi connectivity index (χ3v) is 12.2. The molecule has 0 saturated heterocycles. The van der Waals surface area contributed by atoms with Crippen LogP contribution in [0, 0.1) is 0 Å². The summed E-state index contributed by atoms with van der Waals surface area (Å²) in [6.07, 6.45) is 0. The van der Waals surface area contributed by atoms with Crippen LogP contribution in [0.3, 0.4) is 0 Å². The lowest BCUT2D eigenvalue weighted by atomic mass is 9.87. The van der Waals surface area contributed by atoms with Gasteiger partial charge in [-0.2, -0.15) is 0 Å². The fourth-order valence-electron chi connectivity index (χ4n) is 9.50. The number of hydrogen-bond donors (Lipinski definition) is 0. The second-order valence-electron chi connectivity index (χ2n) is 15.2. The first-order chi connectivity index (χ1) is 27.7. The SMILES string of the molecule is c1ccc(-c2ccc3ccc4c(-c5cccc(-c6ccc(-c7cccc(-c8ccc9ccc%10cccc%11ccc8c9c%10%11)c7)cc6)c5)ccc5ccc2c3c54)cc1. The predicted octanol–water partition coefficient (Wildman–Crippen LogP) is 15.8. The normalized spacial score (nSPS) is 11.9. The second kappa shape index (κ2) is 12.1. The highest BCUT2D eigenvalue weighted by Crippen LogP contribution is 2.44. The first-order valence-corrected chi connectivity index (χ1v) is 19.5. The molecule has 0 aliphatic carbocycles. The van der Waals surface area contributed by atoms with Crippen molar-refractivity contribution in [3.8, 4) is 55.6 Å². The standard InChI is InChI=1S/C56H34/c1-2-7-37(8-3-1)47-27-21-41-26-32-52-49(29-23-42-25-31-50(47)55(41)56(42)52)46-14-6-12-44(34-46)36-17-15-35(16-18-36)43-11-5-13-45(33-43)48-28-22-40-20-19-38-9-4-10-39-24-30-51(48)54(40)53(38)39/h1-34H. The molecule has 0 heteroatoms. The fraction of sp³-hybridized carbons (Fsp3) is 0. The molecule has 0 amide bonds. The Labute approximate surface area is 325 Å². The summed E-state index contributed by atoms with van der Waals surface area (Å²) < 4.78 is 0. The van der Waals surface area contributed by atoms with Crippen LogP contribution in [0.5, 0.6) is 0 Å². The Morgan fingerprint density at radius 2 is 0.518 bits per heavy atom. The molecule has 0 N–H and O–H groups in total. The zero-order valence-electron chi connectivity index (χ0n) is 30.6. The van der Waals surface area contributed by atoms with Crippen molar-refractivity contribution < 1.29 is 0 Å². The van der Waals surface area contributed by atoms with Crippen molar-refractivity contribution in [3.05, 3.63) is 206 Å². The monoisotopic (exact) mass is 706 g/mol. The van der Waals surface area contributed by atoms with E-state index in [1.165, 1.54) is 120 Å². The molecule has 0 radical (unpaired) electrons. The Hall–Kier alpha value is -7.28. The topological polar surface area (TPSA) is 0 Å². The lowest BCUT2D eigenvalue weighted by Gasteiger charge is -2.17. The Balaban J connectivity index is 0.905. The van der Waals surface area contributed by atoms with Crippen LogP contribution >= 0.6 is 0 Å². The van der Waals surface area contributed by atoms with Crippen LogP contribution < -0.4 is 0 Å². The average Bonchev–Trinajstić information content (AvgIpc) is 3.27. The lowest BCUT2D eigenvalue weighted by Crippen LogP contribution is -1.90. The van der Waals surface area contributed by atoms with E-state index in [-0.39, 0.29) is 0 Å². The van der Waals surface area contributed by atoms with E-state index < -0.39 is 0 Å². The first kappa shape index (κ1) is 31.1. The van der Waals surface area contributed by atoms with Gasteiger partial charge in [0.2, 0.25) is 0 Å². The molecule has 258 valence electrons. The molecule has 0 unspecified atom stereocenters. The summed E-state index contributed by atoms with van der Waals surface area (Å²) in [5, 5.41) is 15.8. The van der Waals surface area contributed by atoms with E-state index in [0.717, 1.165) is 0 Å². The van der Waals surface area contributed by atoms with Gasteiger partial charge in [-0.1, -0.05) is 194 Å². The van der Waals surface area contributed by atoms with Crippen molar-refractivity contribution >= 4 is 64.6 Å². The fourth-order valence-corrected chi connectivity index (χ4v) is 9.50. The molecule has 56 heavy (non-hydrogen) atoms. The molecule has 0 saturated carbocycles. The minimum absolute atomic E-state index is 1.21. The molecule has 0 bridgehead atoms. The third kappa shape index (κ3) is 4.73. The molecule has 0 aromatic heterocycles. The quantitative estimate of drug-likeness (QED) is 0.156. The Morgan fingerprint density at radius 3 is 1.00 bits per heavy atom. The van der Waals surface area contributed by atoms with E-state index in [4.69, 9.17) is 0 Å². The van der Waals surface area contributed by atoms with Crippen molar-refractivity contribution in [2.45, 2.75) is 0 Å². The highest BCUT2D eigenvalue weighted by molar-refractivity contribution is 6.28. The van der Waals surface area contributed by atoms with E-state index >= 15 is 0 Å². The van der Waals surface area contributed by atoms with Gasteiger partial charge < -0.3 is 0 Å². The van der Waals surface area contributed by atoms with Gasteiger partial charge in [0, 0.05) is 0 Å². The van der Waals surface area contributed by atoms with Crippen LogP contribution in [0.1, 0.15) is 0 Å². The molecule has 12 aromatic carbocycles. The van der Waals surface area contributed by atoms with Crippen LogP contribution in [0.2, 0.25) is 0 Å². The molecule has 0 spiro atoms. The molecule has 0 heterocycles. The van der Waals surface area contributed by atoms with E-state index in [2.05, 4.69) is 206 Å². The van der Waals surface area contributed by atoms with Gasteiger partial charge in [-0.05, 0) is 132 Å². The number of benzene rings is 12. The summed E-state index contributed by atoms with van der Waals surface area (Å²) >= 11 is 0. The van der Waals surface area contributed by atoms with Gasteiger partial charge in [0.1, 0.15) is 0 Å². The van der Waals surface area contributed by atoms with Gasteiger partial charge >= 0.3 is 0 Å². The molecule has 12 aromatic rings. The first-order valence-electron chi connectivity index (χ1n) is 19.5. The zero-order chi connectivity index (χ0) is 36.7. The Morgan fingerprint density at radius 1 is 0.179 bits per heavy atom. The number of hydrogen-bond acceptors (Lipinski definition) is 0. The largest absolute Gasteiger partial charge is 0.0622 e. The van der Waals surface area contributed by atoms with Crippen LogP contribution in [-0.4, -0.2) is 0 Å². The Kier molecular flexibility index (Phi) is 6.73. The zero-order valence-corrected chi connectivity index (χ0v) is 30.6. The second-order valence-corrected chi connectivity index (χ2v) is 15.2. The maximum atomic E-state index is 2.35. The third-order valence-electron chi connectivity index (χ3n) is 12.2. The molecule has 0 nitrogen and oxygen atoms in total. The highest BCUT2D eigenvalue weighted by atomic mass is 14.2. The summed E-state index contributed by atoms with van der Waals surface area (Å²) in [5.74, 6) is 0. The van der Waals surface area contributed by atoms with E-state index in [1.54, 1.807) is 0 Å². The van der Waals surface area contributed by atoms with Gasteiger partial charge in [0.25, 0.3) is 0 Å². The maximum absolute atomic E-state index is 2.35. The smallest absolute Gasteiger partial charge is 0.00203 e. The maximum Gasteiger partial charge on any atom is -0.00203 e. The minimum Gasteiger partial charge on any atom is -0.0622 e. The van der Waals surface area contributed by atoms with Crippen LogP contribution in [0.4, 0.5) is 0 Å². The molecular formula is C56H34. The summed E-state index contributed by atoms with van der Waals surface area (Å²) in [6.45, 7) is 0. The van der Waals surface area contributed by atoms with Crippen molar-refractivity contribution in [1.82, 2.24) is 0 Å². The van der Waals surface area contributed by atoms with Crippen LogP contribution in [0.25, 0.3) is 120 Å². The molecule has 0 aliphatic heterocycles. The lowest BCUT2D eigenvalue weighted by molar-refractivity contribution is 1.58. The van der Waals surface area contributed by atoms with Crippen molar-refractivity contribution in [3.63, 3.8) is 0 Å². The Bertz CT molecular complexity index is 3430. The van der Waals surface area contributed by atoms with Crippen molar-refractivity contribution in [2.24, 2.45) is 0 Å². The van der Waals surface area contributed by atoms with Gasteiger partial charge in [-0.25, -0.2) is 0 Å². The van der Waals surface area contributed by atoms with Crippen LogP contribution in [-0.2, 0) is 0 Å². The van der Waals surface area contributed by atoms with Gasteiger partial charge in [-0.3, -0.25) is 0 Å². The van der Waals surface area contributed by atoms with Gasteiger partial charge in [0.05, 0.1) is 0 Å². The molecule has 12 rings (SSSR count). The number of rotatable bonds is 5. The van der Waals surface area contributed by atoms with E-state index in [0.29, 0.717) is 0 Å². The minimum atomic E-state index is 1.21. The summed E-state index contributed by atoms with van der Waals surface area (Å²) in [5.41, 5.74) is 12.4. The van der Waals surface area contributed by atoms with Crippen LogP contribution in [0.15, 0.2) is 206 Å². The summed E-state index contributed by atoms with van der Waals surface area (Å²) in [7, 11) is 0. The van der Waals surface area contributed by atoms with E-state index in [9.17, 15) is 0 Å². The van der Waals surface area contributed by atoms with E-state index in [1.807, 2.05) is 0 Å². The van der Waals surface area contributed by atoms with Crippen molar-refractivity contribution in [2.75, 3.05) is 0 Å². The highest BCUT2D eigenvalue weighted by Gasteiger charge is 2.16. The molecule has 0 atom stereocenters. The predicted molar refractivity (Wildman–Crippen MR) is 241 cm³/mol. The molecule has 0 aliphatic rings. The average molecular weight is 707 g/mol. The van der Waals surface area contributed by atoms with Gasteiger partial charge in [-0.15, -0.1) is 0 Å². The summed E-state index contributed by atoms with van der Waals surface area (Å²) in [6, 6.07) is 76.5. The molecular weight excluding hydrogens is 673 g/mol. The van der Waals surface area contributed by atoms with Crippen molar-refractivity contribution in [1.29, 1.82) is 0 Å². The summed E-state index contributed by atoms with van der Waals surface area (Å²) in [4.78, 5) is 0. The van der Waals surface area contributed by atoms with Gasteiger partial charge in [0.15, 0.2) is 0 Å². The molecule has 0 fully saturated rings.